The van der Waals surface area contributed by atoms with Crippen molar-refractivity contribution in [1.82, 2.24) is 4.57 Å². The molecule has 1 amide bonds. The Morgan fingerprint density at radius 2 is 1.90 bits per heavy atom. The predicted molar refractivity (Wildman–Crippen MR) is 117 cm³/mol. The Hall–Kier alpha value is -3.25. The van der Waals surface area contributed by atoms with Crippen LogP contribution in [0.2, 0.25) is 0 Å². The van der Waals surface area contributed by atoms with Gasteiger partial charge in [0, 0.05) is 23.3 Å². The van der Waals surface area contributed by atoms with Gasteiger partial charge in [0.15, 0.2) is 0 Å². The van der Waals surface area contributed by atoms with Gasteiger partial charge in [0.05, 0.1) is 5.75 Å². The zero-order valence-corrected chi connectivity index (χ0v) is 16.9. The Balaban J connectivity index is 1.62. The average Bonchev–Trinajstić information content (AvgIpc) is 3.17. The van der Waals surface area contributed by atoms with E-state index in [-0.39, 0.29) is 11.7 Å². The van der Waals surface area contributed by atoms with Crippen molar-refractivity contribution >= 4 is 35.4 Å². The molecule has 0 aliphatic carbocycles. The first-order chi connectivity index (χ1) is 14.0. The fourth-order valence-electron chi connectivity index (χ4n) is 2.77. The number of amides is 1. The SMILES string of the molecule is Cc1ccc(NC(=O)c2cccn2C/C=C/c2cccc(SCC(=O)O)c2)cc1. The second-order valence-electron chi connectivity index (χ2n) is 6.52. The van der Waals surface area contributed by atoms with Gasteiger partial charge >= 0.3 is 5.97 Å². The Morgan fingerprint density at radius 1 is 1.10 bits per heavy atom. The lowest BCUT2D eigenvalue weighted by Gasteiger charge is -2.08. The number of benzene rings is 2. The molecule has 0 atom stereocenters. The molecule has 0 spiro atoms. The molecule has 0 aliphatic rings. The number of carboxylic acids is 1. The van der Waals surface area contributed by atoms with Gasteiger partial charge in [0.2, 0.25) is 0 Å². The molecular weight excluding hydrogens is 384 g/mol. The van der Waals surface area contributed by atoms with Crippen molar-refractivity contribution in [1.29, 1.82) is 0 Å². The molecule has 3 rings (SSSR count). The standard InChI is InChI=1S/C23H22N2O3S/c1-17-9-11-19(12-10-17)24-23(28)21-8-4-14-25(21)13-3-6-18-5-2-7-20(15-18)29-16-22(26)27/h2-12,14-15H,13,16H2,1H3,(H,24,28)(H,26,27)/b6-3+. The van der Waals surface area contributed by atoms with E-state index in [0.717, 1.165) is 21.7 Å². The molecule has 0 saturated carbocycles. The summed E-state index contributed by atoms with van der Waals surface area (Å²) in [6.45, 7) is 2.56. The van der Waals surface area contributed by atoms with Gasteiger partial charge in [-0.05, 0) is 48.9 Å². The summed E-state index contributed by atoms with van der Waals surface area (Å²) in [5.74, 6) is -0.949. The van der Waals surface area contributed by atoms with Crippen LogP contribution < -0.4 is 5.32 Å². The van der Waals surface area contributed by atoms with Gasteiger partial charge in [-0.3, -0.25) is 9.59 Å². The van der Waals surface area contributed by atoms with Crippen molar-refractivity contribution in [3.63, 3.8) is 0 Å². The molecule has 2 N–H and O–H groups in total. The lowest BCUT2D eigenvalue weighted by atomic mass is 10.2. The van der Waals surface area contributed by atoms with E-state index in [1.54, 1.807) is 6.07 Å². The van der Waals surface area contributed by atoms with E-state index in [9.17, 15) is 9.59 Å². The van der Waals surface area contributed by atoms with Crippen LogP contribution >= 0.6 is 11.8 Å². The molecule has 0 unspecified atom stereocenters. The number of aliphatic carboxylic acids is 1. The third kappa shape index (κ3) is 6.12. The van der Waals surface area contributed by atoms with E-state index in [1.807, 2.05) is 84.4 Å². The van der Waals surface area contributed by atoms with Crippen LogP contribution in [0.3, 0.4) is 0 Å². The molecule has 148 valence electrons. The summed E-state index contributed by atoms with van der Waals surface area (Å²) in [5, 5.41) is 11.7. The molecular formula is C23H22N2O3S. The number of aromatic nitrogens is 1. The molecule has 0 aliphatic heterocycles. The molecule has 1 heterocycles. The Bertz CT molecular complexity index is 1020. The topological polar surface area (TPSA) is 71.3 Å². The minimum atomic E-state index is -0.833. The summed E-state index contributed by atoms with van der Waals surface area (Å²) in [6, 6.07) is 19.0. The zero-order valence-electron chi connectivity index (χ0n) is 16.0. The number of nitrogens with zero attached hydrogens (tertiary/aromatic N) is 1. The lowest BCUT2D eigenvalue weighted by molar-refractivity contribution is -0.133. The van der Waals surface area contributed by atoms with Crippen molar-refractivity contribution < 1.29 is 14.7 Å². The summed E-state index contributed by atoms with van der Waals surface area (Å²) in [4.78, 5) is 24.2. The molecule has 2 aromatic carbocycles. The highest BCUT2D eigenvalue weighted by atomic mass is 32.2. The number of carbonyl (C=O) groups is 2. The highest BCUT2D eigenvalue weighted by Gasteiger charge is 2.10. The number of carboxylic acid groups (broad SMARTS) is 1. The molecule has 1 aromatic heterocycles. The number of hydrogen-bond acceptors (Lipinski definition) is 3. The van der Waals surface area contributed by atoms with Crippen LogP contribution in [-0.4, -0.2) is 27.3 Å². The maximum atomic E-state index is 12.6. The largest absolute Gasteiger partial charge is 0.481 e. The smallest absolute Gasteiger partial charge is 0.313 e. The Labute approximate surface area is 174 Å². The zero-order chi connectivity index (χ0) is 20.6. The summed E-state index contributed by atoms with van der Waals surface area (Å²) < 4.78 is 1.88. The third-order valence-corrected chi connectivity index (χ3v) is 5.18. The van der Waals surface area contributed by atoms with Gasteiger partial charge in [0.25, 0.3) is 5.91 Å². The first-order valence-electron chi connectivity index (χ1n) is 9.15. The van der Waals surface area contributed by atoms with Gasteiger partial charge in [-0.1, -0.05) is 42.0 Å². The summed E-state index contributed by atoms with van der Waals surface area (Å²) in [6.07, 6.45) is 5.81. The number of rotatable bonds is 8. The summed E-state index contributed by atoms with van der Waals surface area (Å²) in [5.41, 5.74) is 3.47. The quantitative estimate of drug-likeness (QED) is 0.520. The molecule has 0 radical (unpaired) electrons. The molecule has 3 aromatic rings. The first-order valence-corrected chi connectivity index (χ1v) is 10.1. The fraction of sp³-hybridized carbons (Fsp3) is 0.130. The predicted octanol–water partition coefficient (Wildman–Crippen LogP) is 4.94. The van der Waals surface area contributed by atoms with Crippen LogP contribution in [0.5, 0.6) is 0 Å². The number of anilines is 1. The van der Waals surface area contributed by atoms with Crippen molar-refractivity contribution in [3.05, 3.63) is 89.8 Å². The summed E-state index contributed by atoms with van der Waals surface area (Å²) >= 11 is 1.29. The van der Waals surface area contributed by atoms with Gasteiger partial charge in [0.1, 0.15) is 5.69 Å². The van der Waals surface area contributed by atoms with Crippen LogP contribution in [0.25, 0.3) is 6.08 Å². The van der Waals surface area contributed by atoms with E-state index in [4.69, 9.17) is 5.11 Å². The van der Waals surface area contributed by atoms with E-state index >= 15 is 0 Å². The minimum Gasteiger partial charge on any atom is -0.481 e. The molecule has 29 heavy (non-hydrogen) atoms. The minimum absolute atomic E-state index is 0.0377. The van der Waals surface area contributed by atoms with Crippen molar-refractivity contribution in [2.24, 2.45) is 0 Å². The van der Waals surface area contributed by atoms with Gasteiger partial charge < -0.3 is 15.0 Å². The van der Waals surface area contributed by atoms with Crippen LogP contribution in [0.4, 0.5) is 5.69 Å². The highest BCUT2D eigenvalue weighted by Crippen LogP contribution is 2.19. The molecule has 0 bridgehead atoms. The van der Waals surface area contributed by atoms with E-state index < -0.39 is 5.97 Å². The monoisotopic (exact) mass is 406 g/mol. The van der Waals surface area contributed by atoms with Gasteiger partial charge in [-0.25, -0.2) is 0 Å². The molecule has 6 heteroatoms. The number of hydrogen-bond donors (Lipinski definition) is 2. The van der Waals surface area contributed by atoms with E-state index in [0.29, 0.717) is 12.2 Å². The molecule has 5 nitrogen and oxygen atoms in total. The van der Waals surface area contributed by atoms with Gasteiger partial charge in [-0.15, -0.1) is 11.8 Å². The van der Waals surface area contributed by atoms with Crippen molar-refractivity contribution in [2.75, 3.05) is 11.1 Å². The number of nitrogens with one attached hydrogen (secondary N) is 1. The molecule has 0 saturated heterocycles. The van der Waals surface area contributed by atoms with Crippen molar-refractivity contribution in [2.45, 2.75) is 18.4 Å². The summed E-state index contributed by atoms with van der Waals surface area (Å²) in [7, 11) is 0. The molecule has 0 fully saturated rings. The Kier molecular flexibility index (Phi) is 6.92. The van der Waals surface area contributed by atoms with Crippen molar-refractivity contribution in [3.8, 4) is 0 Å². The lowest BCUT2D eigenvalue weighted by Crippen LogP contribution is -2.16. The number of allylic oxidation sites excluding steroid dienone is 1. The maximum Gasteiger partial charge on any atom is 0.313 e. The first kappa shape index (κ1) is 20.5. The number of aryl methyl sites for hydroxylation is 1. The van der Waals surface area contributed by atoms with Crippen LogP contribution in [0.1, 0.15) is 21.6 Å². The second kappa shape index (κ2) is 9.80. The second-order valence-corrected chi connectivity index (χ2v) is 7.57. The Morgan fingerprint density at radius 3 is 2.66 bits per heavy atom. The van der Waals surface area contributed by atoms with E-state index in [1.165, 1.54) is 11.8 Å². The van der Waals surface area contributed by atoms with Crippen LogP contribution in [0, 0.1) is 6.92 Å². The highest BCUT2D eigenvalue weighted by molar-refractivity contribution is 8.00. The van der Waals surface area contributed by atoms with Crippen LogP contribution in [-0.2, 0) is 11.3 Å². The van der Waals surface area contributed by atoms with Gasteiger partial charge in [-0.2, -0.15) is 0 Å². The average molecular weight is 407 g/mol. The number of carbonyl (C=O) groups excluding carboxylic acids is 1. The normalized spacial score (nSPS) is 10.9. The number of thioether (sulfide) groups is 1. The fourth-order valence-corrected chi connectivity index (χ4v) is 3.45. The van der Waals surface area contributed by atoms with Crippen LogP contribution in [0.15, 0.2) is 77.8 Å². The maximum absolute atomic E-state index is 12.6. The van der Waals surface area contributed by atoms with E-state index in [2.05, 4.69) is 5.32 Å². The third-order valence-electron chi connectivity index (χ3n) is 4.20.